The number of likely N-dealkylation sites (tertiary alicyclic amines) is 1. The summed E-state index contributed by atoms with van der Waals surface area (Å²) in [7, 11) is 1.65. The Morgan fingerprint density at radius 1 is 1.36 bits per heavy atom. The number of amides is 1. The van der Waals surface area contributed by atoms with Crippen molar-refractivity contribution in [2.45, 2.75) is 32.3 Å². The maximum atomic E-state index is 12.6. The molecular formula is C19H23N3O3. The zero-order chi connectivity index (χ0) is 17.6. The Kier molecular flexibility index (Phi) is 5.48. The lowest BCUT2D eigenvalue weighted by Crippen LogP contribution is -2.45. The molecule has 1 aliphatic rings. The smallest absolute Gasteiger partial charge is 0.233 e. The molecule has 0 saturated carbocycles. The number of methoxy groups -OCH3 is 1. The summed E-state index contributed by atoms with van der Waals surface area (Å²) < 4.78 is 11.1. The minimum atomic E-state index is -0.0352. The van der Waals surface area contributed by atoms with E-state index in [9.17, 15) is 4.79 Å². The highest BCUT2D eigenvalue weighted by Gasteiger charge is 2.25. The Bertz CT molecular complexity index is 721. The molecule has 1 aliphatic heterocycles. The number of rotatable bonds is 5. The van der Waals surface area contributed by atoms with Crippen LogP contribution in [0.4, 0.5) is 0 Å². The third kappa shape index (κ3) is 4.47. The average molecular weight is 341 g/mol. The van der Waals surface area contributed by atoms with Gasteiger partial charge in [0.05, 0.1) is 20.1 Å². The summed E-state index contributed by atoms with van der Waals surface area (Å²) in [6.07, 6.45) is 3.82. The molecule has 1 atom stereocenters. The Balaban J connectivity index is 1.59. The number of aryl methyl sites for hydroxylation is 1. The van der Waals surface area contributed by atoms with E-state index in [2.05, 4.69) is 10.2 Å². The van der Waals surface area contributed by atoms with Gasteiger partial charge in [-0.3, -0.25) is 4.79 Å². The second-order valence-electron chi connectivity index (χ2n) is 6.26. The molecule has 0 spiro atoms. The standard InChI is InChI=1S/C19H23N3O3/c1-14-11-15(7-8-17(14)24-2)12-19(23)22-10-4-5-16(13-22)25-18-6-3-9-20-21-18/h3,6-9,11,16H,4-5,10,12-13H2,1-2H3. The maximum absolute atomic E-state index is 12.6. The van der Waals surface area contributed by atoms with Crippen molar-refractivity contribution in [3.05, 3.63) is 47.7 Å². The monoisotopic (exact) mass is 341 g/mol. The first-order valence-electron chi connectivity index (χ1n) is 8.51. The van der Waals surface area contributed by atoms with Gasteiger partial charge in [0.25, 0.3) is 0 Å². The van der Waals surface area contributed by atoms with Crippen molar-refractivity contribution in [1.82, 2.24) is 15.1 Å². The molecule has 0 aliphatic carbocycles. The number of benzene rings is 1. The predicted octanol–water partition coefficient (Wildman–Crippen LogP) is 2.41. The largest absolute Gasteiger partial charge is 0.496 e. The van der Waals surface area contributed by atoms with Crippen LogP contribution in [0.25, 0.3) is 0 Å². The van der Waals surface area contributed by atoms with Crippen molar-refractivity contribution < 1.29 is 14.3 Å². The SMILES string of the molecule is COc1ccc(CC(=O)N2CCCC(Oc3cccnn3)C2)cc1C. The van der Waals surface area contributed by atoms with E-state index in [-0.39, 0.29) is 12.0 Å². The second-order valence-corrected chi connectivity index (χ2v) is 6.26. The van der Waals surface area contributed by atoms with Crippen molar-refractivity contribution in [2.24, 2.45) is 0 Å². The summed E-state index contributed by atoms with van der Waals surface area (Å²) in [5, 5.41) is 7.77. The first kappa shape index (κ1) is 17.2. The molecule has 1 aromatic carbocycles. The van der Waals surface area contributed by atoms with Gasteiger partial charge in [-0.1, -0.05) is 12.1 Å². The van der Waals surface area contributed by atoms with E-state index in [0.717, 1.165) is 36.3 Å². The summed E-state index contributed by atoms with van der Waals surface area (Å²) in [5.41, 5.74) is 2.04. The summed E-state index contributed by atoms with van der Waals surface area (Å²) >= 11 is 0. The van der Waals surface area contributed by atoms with Gasteiger partial charge in [0.2, 0.25) is 11.8 Å². The number of piperidine rings is 1. The molecule has 132 valence electrons. The van der Waals surface area contributed by atoms with E-state index >= 15 is 0 Å². The van der Waals surface area contributed by atoms with E-state index in [1.165, 1.54) is 0 Å². The van der Waals surface area contributed by atoms with Gasteiger partial charge in [0, 0.05) is 18.8 Å². The van der Waals surface area contributed by atoms with E-state index in [1.54, 1.807) is 25.4 Å². The van der Waals surface area contributed by atoms with Crippen LogP contribution in [-0.4, -0.2) is 47.3 Å². The highest BCUT2D eigenvalue weighted by molar-refractivity contribution is 5.79. The van der Waals surface area contributed by atoms with Gasteiger partial charge < -0.3 is 14.4 Å². The zero-order valence-electron chi connectivity index (χ0n) is 14.6. The van der Waals surface area contributed by atoms with Gasteiger partial charge in [-0.2, -0.15) is 5.10 Å². The van der Waals surface area contributed by atoms with Gasteiger partial charge in [-0.15, -0.1) is 5.10 Å². The number of aromatic nitrogens is 2. The minimum Gasteiger partial charge on any atom is -0.496 e. The summed E-state index contributed by atoms with van der Waals surface area (Å²) in [4.78, 5) is 14.5. The molecule has 1 fully saturated rings. The fraction of sp³-hybridized carbons (Fsp3) is 0.421. The molecule has 2 aromatic rings. The Morgan fingerprint density at radius 3 is 2.96 bits per heavy atom. The average Bonchev–Trinajstić information content (AvgIpc) is 2.63. The first-order chi connectivity index (χ1) is 12.2. The quantitative estimate of drug-likeness (QED) is 0.836. The molecule has 0 radical (unpaired) electrons. The van der Waals surface area contributed by atoms with Gasteiger partial charge in [-0.25, -0.2) is 0 Å². The fourth-order valence-corrected chi connectivity index (χ4v) is 3.12. The minimum absolute atomic E-state index is 0.0352. The van der Waals surface area contributed by atoms with Crippen molar-refractivity contribution in [2.75, 3.05) is 20.2 Å². The van der Waals surface area contributed by atoms with Crippen molar-refractivity contribution in [1.29, 1.82) is 0 Å². The molecule has 0 N–H and O–H groups in total. The molecule has 0 bridgehead atoms. The highest BCUT2D eigenvalue weighted by atomic mass is 16.5. The predicted molar refractivity (Wildman–Crippen MR) is 93.7 cm³/mol. The lowest BCUT2D eigenvalue weighted by atomic mass is 10.0. The van der Waals surface area contributed by atoms with Crippen LogP contribution in [0.5, 0.6) is 11.6 Å². The number of hydrogen-bond donors (Lipinski definition) is 0. The van der Waals surface area contributed by atoms with Crippen LogP contribution in [0.2, 0.25) is 0 Å². The Morgan fingerprint density at radius 2 is 2.24 bits per heavy atom. The van der Waals surface area contributed by atoms with Crippen LogP contribution in [0.3, 0.4) is 0 Å². The second kappa shape index (κ2) is 7.96. The topological polar surface area (TPSA) is 64.5 Å². The van der Waals surface area contributed by atoms with Crippen LogP contribution < -0.4 is 9.47 Å². The third-order valence-corrected chi connectivity index (χ3v) is 4.38. The lowest BCUT2D eigenvalue weighted by Gasteiger charge is -2.32. The highest BCUT2D eigenvalue weighted by Crippen LogP contribution is 2.20. The van der Waals surface area contributed by atoms with Gasteiger partial charge in [0.15, 0.2) is 0 Å². The molecule has 1 amide bonds. The molecule has 1 saturated heterocycles. The molecular weight excluding hydrogens is 318 g/mol. The van der Waals surface area contributed by atoms with E-state index < -0.39 is 0 Å². The van der Waals surface area contributed by atoms with Crippen LogP contribution in [0.15, 0.2) is 36.5 Å². The molecule has 2 heterocycles. The van der Waals surface area contributed by atoms with E-state index in [0.29, 0.717) is 18.8 Å². The van der Waals surface area contributed by atoms with Gasteiger partial charge in [-0.05, 0) is 43.0 Å². The number of ether oxygens (including phenoxy) is 2. The maximum Gasteiger partial charge on any atom is 0.233 e. The van der Waals surface area contributed by atoms with Crippen LogP contribution in [0.1, 0.15) is 24.0 Å². The zero-order valence-corrected chi connectivity index (χ0v) is 14.6. The number of nitrogens with zero attached hydrogens (tertiary/aromatic N) is 3. The number of hydrogen-bond acceptors (Lipinski definition) is 5. The van der Waals surface area contributed by atoms with Crippen LogP contribution in [0, 0.1) is 6.92 Å². The summed E-state index contributed by atoms with van der Waals surface area (Å²) in [6.45, 7) is 3.34. The van der Waals surface area contributed by atoms with Crippen LogP contribution in [-0.2, 0) is 11.2 Å². The van der Waals surface area contributed by atoms with Crippen LogP contribution >= 0.6 is 0 Å². The molecule has 3 rings (SSSR count). The van der Waals surface area contributed by atoms with Crippen molar-refractivity contribution >= 4 is 5.91 Å². The molecule has 25 heavy (non-hydrogen) atoms. The summed E-state index contributed by atoms with van der Waals surface area (Å²) in [5.74, 6) is 1.47. The first-order valence-corrected chi connectivity index (χ1v) is 8.51. The normalized spacial score (nSPS) is 17.2. The van der Waals surface area contributed by atoms with Gasteiger partial charge in [0.1, 0.15) is 11.9 Å². The fourth-order valence-electron chi connectivity index (χ4n) is 3.12. The molecule has 1 unspecified atom stereocenters. The molecule has 6 nitrogen and oxygen atoms in total. The molecule has 1 aromatic heterocycles. The van der Waals surface area contributed by atoms with E-state index in [4.69, 9.17) is 9.47 Å². The summed E-state index contributed by atoms with van der Waals surface area (Å²) in [6, 6.07) is 9.44. The Labute approximate surface area is 147 Å². The van der Waals surface area contributed by atoms with Gasteiger partial charge >= 0.3 is 0 Å². The Hall–Kier alpha value is -2.63. The van der Waals surface area contributed by atoms with Crippen molar-refractivity contribution in [3.63, 3.8) is 0 Å². The van der Waals surface area contributed by atoms with Crippen molar-refractivity contribution in [3.8, 4) is 11.6 Å². The lowest BCUT2D eigenvalue weighted by molar-refractivity contribution is -0.133. The van der Waals surface area contributed by atoms with E-state index in [1.807, 2.05) is 30.0 Å². The molecule has 6 heteroatoms. The number of carbonyl (C=O) groups is 1. The number of carbonyl (C=O) groups excluding carboxylic acids is 1. The third-order valence-electron chi connectivity index (χ3n) is 4.38.